The van der Waals surface area contributed by atoms with Crippen LogP contribution in [0.2, 0.25) is 0 Å². The number of anilines is 1. The Morgan fingerprint density at radius 1 is 0.972 bits per heavy atom. The number of aliphatic hydroxyl groups excluding tert-OH is 2. The number of fused-ring (bicyclic) bond motifs is 3. The lowest BCUT2D eigenvalue weighted by atomic mass is 9.60. The molecule has 1 aliphatic heterocycles. The maximum Gasteiger partial charge on any atom is 0.238 e. The molecule has 0 bridgehead atoms. The van der Waals surface area contributed by atoms with Crippen LogP contribution in [0.4, 0.5) is 5.69 Å². The number of nitrogens with zero attached hydrogens (tertiary/aromatic N) is 2. The van der Waals surface area contributed by atoms with Gasteiger partial charge < -0.3 is 19.8 Å². The van der Waals surface area contributed by atoms with Crippen LogP contribution in [0.25, 0.3) is 0 Å². The van der Waals surface area contributed by atoms with E-state index in [0.29, 0.717) is 48.3 Å². The van der Waals surface area contributed by atoms with E-state index in [0.717, 1.165) is 0 Å². The van der Waals surface area contributed by atoms with E-state index >= 15 is 0 Å². The molecule has 2 saturated carbocycles. The maximum atomic E-state index is 13.7. The summed E-state index contributed by atoms with van der Waals surface area (Å²) < 4.78 is 5.90. The second-order valence-electron chi connectivity index (χ2n) is 10.4. The molecular formula is C28H32N2O6. The summed E-state index contributed by atoms with van der Waals surface area (Å²) in [5.74, 6) is -1.27. The third-order valence-corrected chi connectivity index (χ3v) is 7.42. The molecular weight excluding hydrogens is 460 g/mol. The fourth-order valence-corrected chi connectivity index (χ4v) is 5.81. The zero-order chi connectivity index (χ0) is 25.4. The molecule has 3 fully saturated rings. The van der Waals surface area contributed by atoms with Crippen molar-refractivity contribution >= 4 is 23.2 Å². The number of amides is 2. The van der Waals surface area contributed by atoms with Crippen molar-refractivity contribution in [1.29, 1.82) is 0 Å². The summed E-state index contributed by atoms with van der Waals surface area (Å²) in [5, 5.41) is 25.9. The average Bonchev–Trinajstić information content (AvgIpc) is 3.12. The second kappa shape index (κ2) is 10.0. The van der Waals surface area contributed by atoms with E-state index in [2.05, 4.69) is 5.16 Å². The molecule has 0 unspecified atom stereocenters. The third kappa shape index (κ3) is 4.51. The SMILES string of the molecule is CC(C)CON=C1C[C@@H](O)[C@@H](O)[C@@H]2[C@H]3C(=O)N(c4cccc(Oc5ccccc5)c4)C(=O)[C@@H]3CC[C@H]12. The van der Waals surface area contributed by atoms with Crippen molar-refractivity contribution < 1.29 is 29.4 Å². The molecule has 0 aromatic heterocycles. The van der Waals surface area contributed by atoms with Gasteiger partial charge in [-0.05, 0) is 43.0 Å². The fourth-order valence-electron chi connectivity index (χ4n) is 5.81. The van der Waals surface area contributed by atoms with Crippen LogP contribution in [0.15, 0.2) is 59.8 Å². The van der Waals surface area contributed by atoms with Gasteiger partial charge in [0.15, 0.2) is 0 Å². The summed E-state index contributed by atoms with van der Waals surface area (Å²) in [5.41, 5.74) is 1.10. The number of aliphatic hydroxyl groups is 2. The van der Waals surface area contributed by atoms with E-state index in [9.17, 15) is 19.8 Å². The van der Waals surface area contributed by atoms with Gasteiger partial charge in [0.2, 0.25) is 11.8 Å². The number of hydrogen-bond donors (Lipinski definition) is 2. The van der Waals surface area contributed by atoms with Crippen molar-refractivity contribution in [3.8, 4) is 11.5 Å². The molecule has 2 aliphatic carbocycles. The van der Waals surface area contributed by atoms with Crippen LogP contribution >= 0.6 is 0 Å². The van der Waals surface area contributed by atoms with Gasteiger partial charge >= 0.3 is 0 Å². The van der Waals surface area contributed by atoms with E-state index in [1.165, 1.54) is 4.90 Å². The Morgan fingerprint density at radius 2 is 1.69 bits per heavy atom. The molecule has 5 rings (SSSR count). The Bertz CT molecular complexity index is 1150. The van der Waals surface area contributed by atoms with Gasteiger partial charge in [0, 0.05) is 24.3 Å². The number of benzene rings is 2. The largest absolute Gasteiger partial charge is 0.457 e. The normalized spacial score (nSPS) is 30.9. The summed E-state index contributed by atoms with van der Waals surface area (Å²) in [6.45, 7) is 4.48. The Morgan fingerprint density at radius 3 is 2.44 bits per heavy atom. The highest BCUT2D eigenvalue weighted by Crippen LogP contribution is 2.50. The Labute approximate surface area is 210 Å². The van der Waals surface area contributed by atoms with Crippen molar-refractivity contribution in [3.63, 3.8) is 0 Å². The summed E-state index contributed by atoms with van der Waals surface area (Å²) in [4.78, 5) is 33.9. The lowest BCUT2D eigenvalue weighted by Crippen LogP contribution is -2.54. The van der Waals surface area contributed by atoms with Crippen LogP contribution < -0.4 is 9.64 Å². The number of rotatable bonds is 6. The number of oxime groups is 1. The van der Waals surface area contributed by atoms with Crippen LogP contribution in [0.3, 0.4) is 0 Å². The third-order valence-electron chi connectivity index (χ3n) is 7.42. The zero-order valence-electron chi connectivity index (χ0n) is 20.5. The van der Waals surface area contributed by atoms with Crippen molar-refractivity contribution in [3.05, 3.63) is 54.6 Å². The van der Waals surface area contributed by atoms with Crippen LogP contribution in [-0.2, 0) is 14.4 Å². The van der Waals surface area contributed by atoms with Crippen LogP contribution in [0.5, 0.6) is 11.5 Å². The standard InChI is InChI=1S/C28H32N2O6/c1-16(2)15-35-29-22-14-23(31)26(32)24-20(22)11-12-21-25(24)28(34)30(27(21)33)17-7-6-10-19(13-17)36-18-8-4-3-5-9-18/h3-10,13,16,20-21,23-26,31-32H,11-12,14-15H2,1-2H3/t20-,21-,23-,24+,25+,26-/m1/s1. The molecule has 0 spiro atoms. The topological polar surface area (TPSA) is 109 Å². The molecule has 1 heterocycles. The minimum Gasteiger partial charge on any atom is -0.457 e. The van der Waals surface area contributed by atoms with E-state index in [4.69, 9.17) is 9.57 Å². The highest BCUT2D eigenvalue weighted by molar-refractivity contribution is 6.22. The molecule has 2 amide bonds. The fraction of sp³-hybridized carbons (Fsp3) is 0.464. The number of ether oxygens (including phenoxy) is 1. The van der Waals surface area contributed by atoms with Crippen LogP contribution in [0, 0.1) is 29.6 Å². The van der Waals surface area contributed by atoms with Crippen LogP contribution in [-0.4, -0.2) is 46.6 Å². The molecule has 3 aliphatic rings. The van der Waals surface area contributed by atoms with Gasteiger partial charge in [0.25, 0.3) is 0 Å². The predicted octanol–water partition coefficient (Wildman–Crippen LogP) is 3.76. The molecule has 2 aromatic carbocycles. The van der Waals surface area contributed by atoms with Gasteiger partial charge in [0.1, 0.15) is 18.1 Å². The monoisotopic (exact) mass is 492 g/mol. The molecule has 8 nitrogen and oxygen atoms in total. The lowest BCUT2D eigenvalue weighted by molar-refractivity contribution is -0.132. The van der Waals surface area contributed by atoms with Crippen LogP contribution in [0.1, 0.15) is 33.1 Å². The number of para-hydroxylation sites is 1. The number of carbonyl (C=O) groups is 2. The summed E-state index contributed by atoms with van der Waals surface area (Å²) in [7, 11) is 0. The first-order chi connectivity index (χ1) is 17.3. The molecule has 6 atom stereocenters. The quantitative estimate of drug-likeness (QED) is 0.470. The first kappa shape index (κ1) is 24.5. The summed E-state index contributed by atoms with van der Waals surface area (Å²) in [6, 6.07) is 16.2. The van der Waals surface area contributed by atoms with Crippen molar-refractivity contribution in [2.24, 2.45) is 34.7 Å². The van der Waals surface area contributed by atoms with E-state index < -0.39 is 30.0 Å². The van der Waals surface area contributed by atoms with Gasteiger partial charge in [-0.3, -0.25) is 9.59 Å². The smallest absolute Gasteiger partial charge is 0.238 e. The van der Waals surface area contributed by atoms with Gasteiger partial charge in [0.05, 0.1) is 35.4 Å². The van der Waals surface area contributed by atoms with Gasteiger partial charge in [-0.25, -0.2) is 4.90 Å². The molecule has 2 aromatic rings. The maximum absolute atomic E-state index is 13.7. The van der Waals surface area contributed by atoms with Crippen molar-refractivity contribution in [1.82, 2.24) is 0 Å². The zero-order valence-corrected chi connectivity index (χ0v) is 20.5. The minimum absolute atomic E-state index is 0.197. The predicted molar refractivity (Wildman–Crippen MR) is 134 cm³/mol. The Balaban J connectivity index is 1.42. The van der Waals surface area contributed by atoms with E-state index in [-0.39, 0.29) is 24.2 Å². The molecule has 0 radical (unpaired) electrons. The second-order valence-corrected chi connectivity index (χ2v) is 10.4. The number of imide groups is 1. The van der Waals surface area contributed by atoms with Gasteiger partial charge in [-0.2, -0.15) is 0 Å². The van der Waals surface area contributed by atoms with Gasteiger partial charge in [-0.15, -0.1) is 0 Å². The lowest BCUT2D eigenvalue weighted by Gasteiger charge is -2.45. The minimum atomic E-state index is -1.11. The number of hydrogen-bond acceptors (Lipinski definition) is 7. The van der Waals surface area contributed by atoms with Crippen molar-refractivity contribution in [2.45, 2.75) is 45.3 Å². The number of carbonyl (C=O) groups excluding carboxylic acids is 2. The first-order valence-electron chi connectivity index (χ1n) is 12.6. The molecule has 36 heavy (non-hydrogen) atoms. The Kier molecular flexibility index (Phi) is 6.81. The highest BCUT2D eigenvalue weighted by Gasteiger charge is 2.60. The molecule has 190 valence electrons. The molecule has 2 N–H and O–H groups in total. The Hall–Kier alpha value is -3.23. The first-order valence-corrected chi connectivity index (χ1v) is 12.6. The summed E-state index contributed by atoms with van der Waals surface area (Å²) in [6.07, 6.45) is -0.868. The van der Waals surface area contributed by atoms with E-state index in [1.54, 1.807) is 24.3 Å². The summed E-state index contributed by atoms with van der Waals surface area (Å²) >= 11 is 0. The van der Waals surface area contributed by atoms with E-state index in [1.807, 2.05) is 44.2 Å². The average molecular weight is 493 g/mol. The molecule has 8 heteroatoms. The highest BCUT2D eigenvalue weighted by atomic mass is 16.6. The van der Waals surface area contributed by atoms with Gasteiger partial charge in [-0.1, -0.05) is 43.3 Å². The molecule has 1 saturated heterocycles. The van der Waals surface area contributed by atoms with Crippen molar-refractivity contribution in [2.75, 3.05) is 11.5 Å².